The highest BCUT2D eigenvalue weighted by Crippen LogP contribution is 2.63. The molecule has 4 aromatic heterocycles. The van der Waals surface area contributed by atoms with Crippen molar-refractivity contribution in [2.24, 2.45) is 5.92 Å². The maximum absolute atomic E-state index is 14.4. The number of aryl methyl sites for hydroxylation is 4. The van der Waals surface area contributed by atoms with Crippen molar-refractivity contribution in [1.82, 2.24) is 25.1 Å². The molecule has 2 aromatic carbocycles. The van der Waals surface area contributed by atoms with Gasteiger partial charge in [-0.25, -0.2) is 28.0 Å². The number of amides is 1. The fourth-order valence-electron chi connectivity index (χ4n) is 8.82. The summed E-state index contributed by atoms with van der Waals surface area (Å²) < 4.78 is 48.5. The first-order valence-electron chi connectivity index (χ1n) is 17.0. The standard InChI is InChI=1S/C38H29F3N6O3S/c1-17-10-21-12-28(51-32(21)34(42-17)44-26-9-5-20-11-24(40)25(41)13-23(20)26)30-29(35-45-46-37(49)50-35)27(8-4-18-2-6-22(39)7-3-18)43-33-31(30)36(48)47-16-19-14-38(33,47)15-19/h2-3,6-7,10-13,19,26H,4-5,8-9,14-16H2,1H3,(H,42,44)(H,46,49)/t19?,26-,38?/m1/s1. The summed E-state index contributed by atoms with van der Waals surface area (Å²) in [7, 11) is 0. The van der Waals surface area contributed by atoms with E-state index in [4.69, 9.17) is 14.4 Å². The summed E-state index contributed by atoms with van der Waals surface area (Å²) in [5.41, 5.74) is 5.61. The zero-order chi connectivity index (χ0) is 34.8. The number of nitrogens with zero attached hydrogens (tertiary/aromatic N) is 4. The molecule has 6 aromatic rings. The number of hydrogen-bond donors (Lipinski definition) is 2. The number of carbonyl (C=O) groups excluding carboxylic acids is 1. The molecule has 1 atom stereocenters. The second kappa shape index (κ2) is 10.8. The fourth-order valence-corrected chi connectivity index (χ4v) is 9.97. The lowest BCUT2D eigenvalue weighted by Gasteiger charge is -2.37. The van der Waals surface area contributed by atoms with Crippen LogP contribution in [0.3, 0.4) is 0 Å². The molecule has 1 amide bonds. The number of H-pyrrole nitrogens is 1. The van der Waals surface area contributed by atoms with E-state index in [1.807, 2.05) is 24.0 Å². The van der Waals surface area contributed by atoms with E-state index in [1.54, 1.807) is 12.1 Å². The van der Waals surface area contributed by atoms with E-state index in [9.17, 15) is 22.8 Å². The Hall–Kier alpha value is -5.30. The lowest BCUT2D eigenvalue weighted by atomic mass is 9.71. The lowest BCUT2D eigenvalue weighted by Crippen LogP contribution is -2.40. The summed E-state index contributed by atoms with van der Waals surface area (Å²) in [6.45, 7) is 2.56. The Bertz CT molecular complexity index is 2520. The van der Waals surface area contributed by atoms with Gasteiger partial charge in [0, 0.05) is 22.7 Å². The third-order valence-electron chi connectivity index (χ3n) is 11.0. The van der Waals surface area contributed by atoms with Crippen LogP contribution in [-0.2, 0) is 24.8 Å². The molecule has 7 heterocycles. The predicted molar refractivity (Wildman–Crippen MR) is 184 cm³/mol. The Morgan fingerprint density at radius 3 is 2.59 bits per heavy atom. The van der Waals surface area contributed by atoms with Crippen LogP contribution in [0.1, 0.15) is 69.4 Å². The number of aromatic nitrogens is 4. The zero-order valence-corrected chi connectivity index (χ0v) is 28.1. The van der Waals surface area contributed by atoms with Gasteiger partial charge in [0.2, 0.25) is 0 Å². The van der Waals surface area contributed by atoms with Crippen LogP contribution in [0, 0.1) is 30.3 Å². The molecule has 256 valence electrons. The Labute approximate surface area is 292 Å². The molecule has 0 radical (unpaired) electrons. The van der Waals surface area contributed by atoms with Crippen LogP contribution in [0.25, 0.3) is 32.0 Å². The SMILES string of the molecule is Cc1cc2cc(-c3c4c(nc(CCc5ccc(F)cc5)c3-c3n[nH]c(=O)o3)C35CC(CN3C4=O)C5)sc2c(N[C@@H]2CCc3cc(F)c(F)cc32)n1. The number of carbonyl (C=O) groups is 1. The maximum Gasteiger partial charge on any atom is 0.434 e. The highest BCUT2D eigenvalue weighted by atomic mass is 32.1. The molecular formula is C38H29F3N6O3S. The molecule has 11 rings (SSSR count). The van der Waals surface area contributed by atoms with Gasteiger partial charge in [-0.2, -0.15) is 0 Å². The number of halogens is 3. The van der Waals surface area contributed by atoms with Gasteiger partial charge in [-0.3, -0.25) is 9.78 Å². The van der Waals surface area contributed by atoms with E-state index in [0.717, 1.165) is 50.3 Å². The Balaban J connectivity index is 1.16. The topological polar surface area (TPSA) is 117 Å². The van der Waals surface area contributed by atoms with Crippen molar-refractivity contribution < 1.29 is 22.4 Å². The number of thiophene rings is 1. The van der Waals surface area contributed by atoms with Crippen molar-refractivity contribution in [3.05, 3.63) is 116 Å². The van der Waals surface area contributed by atoms with E-state index in [1.165, 1.54) is 35.6 Å². The molecular weight excluding hydrogens is 678 g/mol. The van der Waals surface area contributed by atoms with Crippen molar-refractivity contribution in [3.8, 4) is 21.9 Å². The molecule has 2 bridgehead atoms. The number of nitrogens with one attached hydrogen (secondary N) is 2. The second-order valence-corrected chi connectivity index (χ2v) is 15.2. The van der Waals surface area contributed by atoms with Crippen molar-refractivity contribution in [2.75, 3.05) is 11.9 Å². The second-order valence-electron chi connectivity index (χ2n) is 14.1. The summed E-state index contributed by atoms with van der Waals surface area (Å²) >= 11 is 1.45. The predicted octanol–water partition coefficient (Wildman–Crippen LogP) is 7.39. The normalized spacial score (nSPS) is 21.3. The van der Waals surface area contributed by atoms with E-state index < -0.39 is 22.9 Å². The largest absolute Gasteiger partial charge is 0.434 e. The monoisotopic (exact) mass is 706 g/mol. The number of benzene rings is 2. The first-order valence-corrected chi connectivity index (χ1v) is 17.8. The molecule has 3 fully saturated rings. The molecule has 2 aliphatic carbocycles. The molecule has 0 unspecified atom stereocenters. The van der Waals surface area contributed by atoms with Crippen molar-refractivity contribution in [3.63, 3.8) is 0 Å². The van der Waals surface area contributed by atoms with Crippen LogP contribution in [-0.4, -0.2) is 37.5 Å². The molecule has 2 N–H and O–H groups in total. The molecule has 9 nitrogen and oxygen atoms in total. The van der Waals surface area contributed by atoms with Crippen LogP contribution in [0.15, 0.2) is 57.7 Å². The van der Waals surface area contributed by atoms with Gasteiger partial charge in [-0.05, 0) is 110 Å². The minimum Gasteiger partial charge on any atom is -0.388 e. The molecule has 1 saturated carbocycles. The maximum atomic E-state index is 14.4. The molecule has 3 aliphatic heterocycles. The van der Waals surface area contributed by atoms with Crippen LogP contribution in [0.5, 0.6) is 0 Å². The van der Waals surface area contributed by atoms with Crippen molar-refractivity contribution in [2.45, 2.75) is 57.0 Å². The summed E-state index contributed by atoms with van der Waals surface area (Å²) in [5.74, 6) is -1.82. The van der Waals surface area contributed by atoms with Crippen LogP contribution in [0.2, 0.25) is 0 Å². The molecule has 13 heteroatoms. The van der Waals surface area contributed by atoms with Gasteiger partial charge in [0.1, 0.15) is 11.6 Å². The van der Waals surface area contributed by atoms with E-state index >= 15 is 0 Å². The summed E-state index contributed by atoms with van der Waals surface area (Å²) in [5, 5.41) is 11.0. The molecule has 51 heavy (non-hydrogen) atoms. The number of anilines is 1. The van der Waals surface area contributed by atoms with Crippen LogP contribution in [0.4, 0.5) is 19.0 Å². The quantitative estimate of drug-likeness (QED) is 0.178. The lowest BCUT2D eigenvalue weighted by molar-refractivity contribution is 0.0637. The van der Waals surface area contributed by atoms with E-state index in [2.05, 4.69) is 15.5 Å². The minimum atomic E-state index is -0.884. The fraction of sp³-hybridized carbons (Fsp3) is 0.289. The minimum absolute atomic E-state index is 0.0326. The van der Waals surface area contributed by atoms with E-state index in [-0.39, 0.29) is 23.7 Å². The first kappa shape index (κ1) is 30.5. The summed E-state index contributed by atoms with van der Waals surface area (Å²) in [4.78, 5) is 39.6. The summed E-state index contributed by atoms with van der Waals surface area (Å²) in [6.07, 6.45) is 3.91. The Morgan fingerprint density at radius 1 is 1.00 bits per heavy atom. The number of hydrogen-bond acceptors (Lipinski definition) is 8. The third kappa shape index (κ3) is 4.56. The van der Waals surface area contributed by atoms with Crippen molar-refractivity contribution in [1.29, 1.82) is 0 Å². The van der Waals surface area contributed by atoms with Gasteiger partial charge in [0.05, 0.1) is 38.8 Å². The first-order chi connectivity index (χ1) is 24.6. The van der Waals surface area contributed by atoms with Crippen LogP contribution >= 0.6 is 11.3 Å². The Morgan fingerprint density at radius 2 is 1.80 bits per heavy atom. The molecule has 1 spiro atoms. The number of aromatic amines is 1. The van der Waals surface area contributed by atoms with Gasteiger partial charge in [-0.15, -0.1) is 16.4 Å². The Kier molecular flexibility index (Phi) is 6.49. The number of pyridine rings is 2. The highest BCUT2D eigenvalue weighted by molar-refractivity contribution is 7.23. The smallest absolute Gasteiger partial charge is 0.388 e. The molecule has 5 aliphatic rings. The number of fused-ring (bicyclic) bond motifs is 3. The van der Waals surface area contributed by atoms with Gasteiger partial charge in [0.15, 0.2) is 11.6 Å². The highest BCUT2D eigenvalue weighted by Gasteiger charge is 2.65. The van der Waals surface area contributed by atoms with Gasteiger partial charge >= 0.3 is 5.76 Å². The van der Waals surface area contributed by atoms with Gasteiger partial charge in [0.25, 0.3) is 11.8 Å². The third-order valence-corrected chi connectivity index (χ3v) is 12.2. The average molecular weight is 707 g/mol. The van der Waals surface area contributed by atoms with Gasteiger partial charge in [-0.1, -0.05) is 12.1 Å². The summed E-state index contributed by atoms with van der Waals surface area (Å²) in [6, 6.07) is 12.6. The van der Waals surface area contributed by atoms with Crippen LogP contribution < -0.4 is 11.1 Å². The van der Waals surface area contributed by atoms with Crippen molar-refractivity contribution >= 4 is 33.1 Å². The molecule has 2 saturated heterocycles. The van der Waals surface area contributed by atoms with E-state index in [0.29, 0.717) is 71.9 Å². The van der Waals surface area contributed by atoms with Gasteiger partial charge < -0.3 is 14.6 Å². The number of rotatable bonds is 7. The average Bonchev–Trinajstić information content (AvgIpc) is 3.94. The zero-order valence-electron chi connectivity index (χ0n) is 27.3.